The van der Waals surface area contributed by atoms with E-state index in [-0.39, 0.29) is 17.2 Å². The monoisotopic (exact) mass is 287 g/mol. The lowest BCUT2D eigenvalue weighted by molar-refractivity contribution is -0.137. The van der Waals surface area contributed by atoms with Crippen LogP contribution in [0.1, 0.15) is 19.3 Å². The average molecular weight is 287 g/mol. The van der Waals surface area contributed by atoms with Crippen molar-refractivity contribution >= 4 is 16.0 Å². The Balaban J connectivity index is 2.14. The van der Waals surface area contributed by atoms with Gasteiger partial charge < -0.3 is 5.11 Å². The summed E-state index contributed by atoms with van der Waals surface area (Å²) in [6, 6.07) is 3.81. The number of aliphatic carboxylic acids is 1. The average Bonchev–Trinajstić information content (AvgIpc) is 3.11. The van der Waals surface area contributed by atoms with Crippen molar-refractivity contribution in [2.75, 3.05) is 0 Å². The van der Waals surface area contributed by atoms with E-state index < -0.39 is 27.9 Å². The molecule has 1 aliphatic carbocycles. The molecule has 0 heterocycles. The Bertz CT molecular complexity index is 566. The molecular formula is C12H14FNO4S. The summed E-state index contributed by atoms with van der Waals surface area (Å²) in [5.41, 5.74) is 0. The lowest BCUT2D eigenvalue weighted by atomic mass is 10.1. The molecule has 5 nitrogen and oxygen atoms in total. The van der Waals surface area contributed by atoms with Crippen LogP contribution in [0.15, 0.2) is 29.2 Å². The molecule has 0 aliphatic heterocycles. The minimum absolute atomic E-state index is 0.0649. The summed E-state index contributed by atoms with van der Waals surface area (Å²) in [5.74, 6) is -1.49. The predicted molar refractivity (Wildman–Crippen MR) is 65.5 cm³/mol. The largest absolute Gasteiger partial charge is 0.481 e. The summed E-state index contributed by atoms with van der Waals surface area (Å²) in [7, 11) is -3.81. The summed E-state index contributed by atoms with van der Waals surface area (Å²) in [6.45, 7) is 0. The van der Waals surface area contributed by atoms with Gasteiger partial charge in [0.15, 0.2) is 0 Å². The number of carboxylic acids is 1. The Hall–Kier alpha value is -1.47. The molecule has 0 saturated heterocycles. The van der Waals surface area contributed by atoms with E-state index >= 15 is 0 Å². The van der Waals surface area contributed by atoms with Crippen LogP contribution >= 0.6 is 0 Å². The molecule has 1 fully saturated rings. The number of carboxylic acid groups (broad SMARTS) is 1. The third kappa shape index (κ3) is 3.74. The fourth-order valence-electron chi connectivity index (χ4n) is 1.87. The zero-order chi connectivity index (χ0) is 14.0. The number of halogens is 1. The molecule has 1 unspecified atom stereocenters. The van der Waals surface area contributed by atoms with Crippen molar-refractivity contribution in [1.29, 1.82) is 0 Å². The summed E-state index contributed by atoms with van der Waals surface area (Å²) in [5, 5.41) is 8.78. The van der Waals surface area contributed by atoms with Crippen molar-refractivity contribution in [1.82, 2.24) is 4.72 Å². The maximum atomic E-state index is 12.8. The normalized spacial score (nSPS) is 17.1. The highest BCUT2D eigenvalue weighted by Crippen LogP contribution is 2.34. The van der Waals surface area contributed by atoms with Crippen LogP contribution in [-0.4, -0.2) is 25.5 Å². The second-order valence-corrected chi connectivity index (χ2v) is 6.33. The topological polar surface area (TPSA) is 83.5 Å². The Morgan fingerprint density at radius 2 is 1.95 bits per heavy atom. The number of benzene rings is 1. The van der Waals surface area contributed by atoms with E-state index in [0.29, 0.717) is 0 Å². The summed E-state index contributed by atoms with van der Waals surface area (Å²) < 4.78 is 39.2. The number of hydrogen-bond donors (Lipinski definition) is 2. The fraction of sp³-hybridized carbons (Fsp3) is 0.417. The quantitative estimate of drug-likeness (QED) is 0.827. The van der Waals surface area contributed by atoms with Crippen LogP contribution in [0.2, 0.25) is 0 Å². The van der Waals surface area contributed by atoms with Gasteiger partial charge in [0.25, 0.3) is 0 Å². The molecule has 1 aliphatic rings. The Morgan fingerprint density at radius 3 is 2.42 bits per heavy atom. The molecule has 1 atom stereocenters. The van der Waals surface area contributed by atoms with Gasteiger partial charge in [-0.15, -0.1) is 0 Å². The third-order valence-electron chi connectivity index (χ3n) is 3.02. The maximum absolute atomic E-state index is 12.8. The van der Waals surface area contributed by atoms with Gasteiger partial charge in [-0.25, -0.2) is 17.5 Å². The van der Waals surface area contributed by atoms with E-state index in [1.807, 2.05) is 0 Å². The lowest BCUT2D eigenvalue weighted by Crippen LogP contribution is -2.38. The SMILES string of the molecule is O=C(O)CC(NS(=O)(=O)c1ccc(F)cc1)C1CC1. The highest BCUT2D eigenvalue weighted by molar-refractivity contribution is 7.89. The van der Waals surface area contributed by atoms with E-state index in [0.717, 1.165) is 37.1 Å². The predicted octanol–water partition coefficient (Wildman–Crippen LogP) is 1.36. The highest BCUT2D eigenvalue weighted by atomic mass is 32.2. The molecule has 0 radical (unpaired) electrons. The minimum Gasteiger partial charge on any atom is -0.481 e. The zero-order valence-corrected chi connectivity index (χ0v) is 10.9. The van der Waals surface area contributed by atoms with Crippen molar-refractivity contribution in [2.24, 2.45) is 5.92 Å². The first-order valence-electron chi connectivity index (χ1n) is 5.88. The van der Waals surface area contributed by atoms with Gasteiger partial charge in [-0.05, 0) is 43.0 Å². The first-order chi connectivity index (χ1) is 8.88. The first-order valence-corrected chi connectivity index (χ1v) is 7.36. The Labute approximate surface area is 110 Å². The second kappa shape index (κ2) is 5.26. The van der Waals surface area contributed by atoms with Gasteiger partial charge in [0.2, 0.25) is 10.0 Å². The molecule has 1 saturated carbocycles. The smallest absolute Gasteiger partial charge is 0.304 e. The number of carbonyl (C=O) groups is 1. The first kappa shape index (κ1) is 14.0. The van der Waals surface area contributed by atoms with E-state index in [4.69, 9.17) is 5.11 Å². The van der Waals surface area contributed by atoms with E-state index in [1.54, 1.807) is 0 Å². The molecule has 19 heavy (non-hydrogen) atoms. The Morgan fingerprint density at radius 1 is 1.37 bits per heavy atom. The van der Waals surface area contributed by atoms with Crippen molar-refractivity contribution in [2.45, 2.75) is 30.2 Å². The van der Waals surface area contributed by atoms with Crippen LogP contribution in [-0.2, 0) is 14.8 Å². The van der Waals surface area contributed by atoms with Crippen molar-refractivity contribution in [3.63, 3.8) is 0 Å². The van der Waals surface area contributed by atoms with Crippen LogP contribution < -0.4 is 4.72 Å². The molecule has 2 rings (SSSR count). The molecule has 1 aromatic carbocycles. The summed E-state index contributed by atoms with van der Waals surface area (Å²) in [6.07, 6.45) is 1.40. The van der Waals surface area contributed by atoms with Crippen LogP contribution in [0.3, 0.4) is 0 Å². The number of nitrogens with one attached hydrogen (secondary N) is 1. The summed E-state index contributed by atoms with van der Waals surface area (Å²) >= 11 is 0. The van der Waals surface area contributed by atoms with Crippen LogP contribution in [0.4, 0.5) is 4.39 Å². The highest BCUT2D eigenvalue weighted by Gasteiger charge is 2.35. The van der Waals surface area contributed by atoms with Gasteiger partial charge in [0, 0.05) is 6.04 Å². The standard InChI is InChI=1S/C12H14FNO4S/c13-9-3-5-10(6-4-9)19(17,18)14-11(7-12(15)16)8-1-2-8/h3-6,8,11,14H,1-2,7H2,(H,15,16). The van der Waals surface area contributed by atoms with Crippen molar-refractivity contribution in [3.05, 3.63) is 30.1 Å². The fourth-order valence-corrected chi connectivity index (χ4v) is 3.18. The number of hydrogen-bond acceptors (Lipinski definition) is 3. The molecule has 0 amide bonds. The van der Waals surface area contributed by atoms with E-state index in [1.165, 1.54) is 0 Å². The van der Waals surface area contributed by atoms with Crippen molar-refractivity contribution < 1.29 is 22.7 Å². The lowest BCUT2D eigenvalue weighted by Gasteiger charge is -2.16. The zero-order valence-electron chi connectivity index (χ0n) is 10.0. The van der Waals surface area contributed by atoms with Gasteiger partial charge in [-0.2, -0.15) is 0 Å². The van der Waals surface area contributed by atoms with Gasteiger partial charge >= 0.3 is 5.97 Å². The van der Waals surface area contributed by atoms with E-state index in [2.05, 4.69) is 4.72 Å². The molecular weight excluding hydrogens is 273 g/mol. The van der Waals surface area contributed by atoms with E-state index in [9.17, 15) is 17.6 Å². The molecule has 0 spiro atoms. The summed E-state index contributed by atoms with van der Waals surface area (Å²) in [4.78, 5) is 10.7. The van der Waals surface area contributed by atoms with Gasteiger partial charge in [0.05, 0.1) is 11.3 Å². The molecule has 0 bridgehead atoms. The van der Waals surface area contributed by atoms with Gasteiger partial charge in [0.1, 0.15) is 5.82 Å². The molecule has 2 N–H and O–H groups in total. The minimum atomic E-state index is -3.81. The second-order valence-electron chi connectivity index (χ2n) is 4.62. The number of sulfonamides is 1. The van der Waals surface area contributed by atoms with Crippen LogP contribution in [0, 0.1) is 11.7 Å². The third-order valence-corrected chi connectivity index (χ3v) is 4.52. The van der Waals surface area contributed by atoms with Crippen molar-refractivity contribution in [3.8, 4) is 0 Å². The Kier molecular flexibility index (Phi) is 3.86. The maximum Gasteiger partial charge on any atom is 0.304 e. The van der Waals surface area contributed by atoms with Gasteiger partial charge in [-0.3, -0.25) is 4.79 Å². The van der Waals surface area contributed by atoms with Crippen LogP contribution in [0.5, 0.6) is 0 Å². The van der Waals surface area contributed by atoms with Gasteiger partial charge in [-0.1, -0.05) is 0 Å². The molecule has 7 heteroatoms. The number of rotatable bonds is 6. The molecule has 104 valence electrons. The molecule has 0 aromatic heterocycles. The van der Waals surface area contributed by atoms with Crippen LogP contribution in [0.25, 0.3) is 0 Å². The molecule has 1 aromatic rings.